The monoisotopic (exact) mass is 277 g/mol. The van der Waals surface area contributed by atoms with Crippen LogP contribution in [0.5, 0.6) is 5.75 Å². The van der Waals surface area contributed by atoms with Crippen LogP contribution in [0.4, 0.5) is 5.69 Å². The molecule has 1 aromatic carbocycles. The van der Waals surface area contributed by atoms with Crippen molar-refractivity contribution >= 4 is 17.5 Å². The molecule has 1 aromatic rings. The van der Waals surface area contributed by atoms with Gasteiger partial charge in [-0.25, -0.2) is 0 Å². The molecule has 20 heavy (non-hydrogen) atoms. The van der Waals surface area contributed by atoms with Crippen molar-refractivity contribution in [1.29, 1.82) is 0 Å². The second-order valence-electron chi connectivity index (χ2n) is 4.90. The number of ether oxygens (including phenoxy) is 1. The van der Waals surface area contributed by atoms with Gasteiger partial charge in [0.2, 0.25) is 5.91 Å². The minimum absolute atomic E-state index is 0.178. The van der Waals surface area contributed by atoms with E-state index in [1.165, 1.54) is 7.11 Å². The third-order valence-corrected chi connectivity index (χ3v) is 3.20. The van der Waals surface area contributed by atoms with Crippen LogP contribution in [0.1, 0.15) is 30.1 Å². The number of rotatable bonds is 5. The van der Waals surface area contributed by atoms with Crippen molar-refractivity contribution in [3.05, 3.63) is 23.8 Å². The lowest BCUT2D eigenvalue weighted by molar-refractivity contribution is -0.122. The summed E-state index contributed by atoms with van der Waals surface area (Å²) >= 11 is 0. The molecular formula is C14H19N3O3. The maximum Gasteiger partial charge on any atom is 0.254 e. The Hall–Kier alpha value is -2.24. The van der Waals surface area contributed by atoms with Gasteiger partial charge in [-0.2, -0.15) is 0 Å². The normalized spacial score (nSPS) is 15.3. The number of para-hydroxylation sites is 1. The molecule has 4 N–H and O–H groups in total. The van der Waals surface area contributed by atoms with Crippen molar-refractivity contribution in [1.82, 2.24) is 10.6 Å². The molecule has 0 spiro atoms. The zero-order valence-corrected chi connectivity index (χ0v) is 11.6. The lowest BCUT2D eigenvalue weighted by atomic mass is 10.1. The number of nitrogens with two attached hydrogens (primary N) is 1. The summed E-state index contributed by atoms with van der Waals surface area (Å²) in [6, 6.07) is 4.62. The minimum atomic E-state index is -0.603. The van der Waals surface area contributed by atoms with E-state index in [1.807, 2.05) is 0 Å². The maximum absolute atomic E-state index is 12.1. The number of benzene rings is 1. The SMILES string of the molecule is COc1cccc(C(=O)NC(C)C(=O)NC2CC2)c1N. The van der Waals surface area contributed by atoms with Gasteiger partial charge in [-0.15, -0.1) is 0 Å². The summed E-state index contributed by atoms with van der Waals surface area (Å²) in [4.78, 5) is 23.9. The Morgan fingerprint density at radius 2 is 2.10 bits per heavy atom. The Kier molecular flexibility index (Phi) is 4.12. The zero-order valence-electron chi connectivity index (χ0n) is 11.6. The predicted molar refractivity (Wildman–Crippen MR) is 75.5 cm³/mol. The molecule has 0 bridgehead atoms. The number of hydrogen-bond donors (Lipinski definition) is 3. The van der Waals surface area contributed by atoms with Gasteiger partial charge in [0.15, 0.2) is 0 Å². The van der Waals surface area contributed by atoms with Gasteiger partial charge in [-0.3, -0.25) is 9.59 Å². The van der Waals surface area contributed by atoms with Gasteiger partial charge in [0, 0.05) is 6.04 Å². The molecule has 108 valence electrons. The van der Waals surface area contributed by atoms with E-state index >= 15 is 0 Å². The summed E-state index contributed by atoms with van der Waals surface area (Å²) in [5.41, 5.74) is 6.42. The van der Waals surface area contributed by atoms with E-state index in [4.69, 9.17) is 10.5 Å². The van der Waals surface area contributed by atoms with Gasteiger partial charge in [-0.05, 0) is 31.9 Å². The molecule has 0 radical (unpaired) electrons. The van der Waals surface area contributed by atoms with Crippen LogP contribution in [0, 0.1) is 0 Å². The average Bonchev–Trinajstić information content (AvgIpc) is 3.22. The summed E-state index contributed by atoms with van der Waals surface area (Å²) in [6.07, 6.45) is 2.02. The Labute approximate surface area is 117 Å². The number of carbonyl (C=O) groups excluding carboxylic acids is 2. The number of nitrogens with one attached hydrogen (secondary N) is 2. The quantitative estimate of drug-likeness (QED) is 0.690. The molecule has 1 aliphatic carbocycles. The van der Waals surface area contributed by atoms with Gasteiger partial charge in [0.1, 0.15) is 11.8 Å². The van der Waals surface area contributed by atoms with Gasteiger partial charge in [-0.1, -0.05) is 6.07 Å². The number of amides is 2. The number of anilines is 1. The van der Waals surface area contributed by atoms with Crippen molar-refractivity contribution in [3.8, 4) is 5.75 Å². The van der Waals surface area contributed by atoms with E-state index < -0.39 is 6.04 Å². The molecule has 2 rings (SSSR count). The topological polar surface area (TPSA) is 93.4 Å². The first-order valence-corrected chi connectivity index (χ1v) is 6.56. The van der Waals surface area contributed by atoms with Crippen LogP contribution in [0.25, 0.3) is 0 Å². The van der Waals surface area contributed by atoms with Crippen molar-refractivity contribution in [2.24, 2.45) is 0 Å². The van der Waals surface area contributed by atoms with Crippen molar-refractivity contribution in [3.63, 3.8) is 0 Å². The van der Waals surface area contributed by atoms with Crippen LogP contribution in [0.3, 0.4) is 0 Å². The number of nitrogen functional groups attached to an aromatic ring is 1. The van der Waals surface area contributed by atoms with E-state index in [2.05, 4.69) is 10.6 Å². The number of carbonyl (C=O) groups is 2. The van der Waals surface area contributed by atoms with Gasteiger partial charge >= 0.3 is 0 Å². The third kappa shape index (κ3) is 3.20. The summed E-state index contributed by atoms with van der Waals surface area (Å²) < 4.78 is 5.06. The predicted octanol–water partition coefficient (Wildman–Crippen LogP) is 0.674. The highest BCUT2D eigenvalue weighted by Crippen LogP contribution is 2.24. The molecule has 0 aliphatic heterocycles. The lowest BCUT2D eigenvalue weighted by Gasteiger charge is -2.15. The van der Waals surface area contributed by atoms with Crippen LogP contribution < -0.4 is 21.1 Å². The molecule has 1 unspecified atom stereocenters. The fourth-order valence-corrected chi connectivity index (χ4v) is 1.81. The molecule has 0 aromatic heterocycles. The summed E-state index contributed by atoms with van der Waals surface area (Å²) in [5.74, 6) is -0.130. The first kappa shape index (κ1) is 14.2. The molecule has 1 aliphatic rings. The first-order valence-electron chi connectivity index (χ1n) is 6.56. The van der Waals surface area contributed by atoms with Gasteiger partial charge in [0.25, 0.3) is 5.91 Å². The Bertz CT molecular complexity index is 526. The molecule has 1 saturated carbocycles. The van der Waals surface area contributed by atoms with E-state index in [0.29, 0.717) is 11.3 Å². The second kappa shape index (κ2) is 5.81. The molecule has 1 atom stereocenters. The van der Waals surface area contributed by atoms with E-state index in [-0.39, 0.29) is 23.5 Å². The maximum atomic E-state index is 12.1. The number of methoxy groups -OCH3 is 1. The smallest absolute Gasteiger partial charge is 0.254 e. The van der Waals surface area contributed by atoms with Crippen molar-refractivity contribution < 1.29 is 14.3 Å². The average molecular weight is 277 g/mol. The Balaban J connectivity index is 2.02. The fraction of sp³-hybridized carbons (Fsp3) is 0.429. The minimum Gasteiger partial charge on any atom is -0.495 e. The molecule has 1 fully saturated rings. The summed E-state index contributed by atoms with van der Waals surface area (Å²) in [7, 11) is 1.49. The molecule has 6 heteroatoms. The lowest BCUT2D eigenvalue weighted by Crippen LogP contribution is -2.45. The van der Waals surface area contributed by atoms with Crippen LogP contribution in [0.2, 0.25) is 0 Å². The van der Waals surface area contributed by atoms with E-state index in [9.17, 15) is 9.59 Å². The van der Waals surface area contributed by atoms with Crippen LogP contribution in [-0.2, 0) is 4.79 Å². The standard InChI is InChI=1S/C14H19N3O3/c1-8(13(18)17-9-6-7-9)16-14(19)10-4-3-5-11(20-2)12(10)15/h3-5,8-9H,6-7,15H2,1-2H3,(H,16,19)(H,17,18). The Morgan fingerprint density at radius 3 is 2.70 bits per heavy atom. The largest absolute Gasteiger partial charge is 0.495 e. The first-order chi connectivity index (χ1) is 9.52. The molecule has 0 heterocycles. The summed E-state index contributed by atoms with van der Waals surface area (Å²) in [5, 5.41) is 5.47. The van der Waals surface area contributed by atoms with Crippen LogP contribution in [-0.4, -0.2) is 31.0 Å². The van der Waals surface area contributed by atoms with Crippen LogP contribution >= 0.6 is 0 Å². The molecular weight excluding hydrogens is 258 g/mol. The fourth-order valence-electron chi connectivity index (χ4n) is 1.81. The summed E-state index contributed by atoms with van der Waals surface area (Å²) in [6.45, 7) is 1.64. The van der Waals surface area contributed by atoms with Crippen molar-refractivity contribution in [2.45, 2.75) is 31.8 Å². The molecule has 6 nitrogen and oxygen atoms in total. The van der Waals surface area contributed by atoms with Crippen molar-refractivity contribution in [2.75, 3.05) is 12.8 Å². The van der Waals surface area contributed by atoms with Crippen LogP contribution in [0.15, 0.2) is 18.2 Å². The molecule has 2 amide bonds. The second-order valence-corrected chi connectivity index (χ2v) is 4.90. The number of hydrogen-bond acceptors (Lipinski definition) is 4. The third-order valence-electron chi connectivity index (χ3n) is 3.20. The van der Waals surface area contributed by atoms with Gasteiger partial charge < -0.3 is 21.1 Å². The van der Waals surface area contributed by atoms with E-state index in [0.717, 1.165) is 12.8 Å². The highest BCUT2D eigenvalue weighted by molar-refractivity contribution is 6.02. The zero-order chi connectivity index (χ0) is 14.7. The van der Waals surface area contributed by atoms with E-state index in [1.54, 1.807) is 25.1 Å². The highest BCUT2D eigenvalue weighted by Gasteiger charge is 2.26. The molecule has 0 saturated heterocycles. The van der Waals surface area contributed by atoms with Gasteiger partial charge in [0.05, 0.1) is 18.4 Å². The Morgan fingerprint density at radius 1 is 1.40 bits per heavy atom. The highest BCUT2D eigenvalue weighted by atomic mass is 16.5.